The van der Waals surface area contributed by atoms with Gasteiger partial charge in [0, 0.05) is 43.6 Å². The third-order valence-electron chi connectivity index (χ3n) is 10.7. The minimum atomic E-state index is -0.358. The molecule has 3 aromatic carbocycles. The van der Waals surface area contributed by atoms with E-state index in [2.05, 4.69) is 54.8 Å². The van der Waals surface area contributed by atoms with Crippen LogP contribution in [0.5, 0.6) is 11.5 Å². The van der Waals surface area contributed by atoms with Gasteiger partial charge < -0.3 is 14.4 Å². The molecule has 9 heteroatoms. The third-order valence-corrected chi connectivity index (χ3v) is 12.2. The molecule has 0 aromatic heterocycles. The van der Waals surface area contributed by atoms with E-state index in [1.165, 1.54) is 39.8 Å². The fourth-order valence-electron chi connectivity index (χ4n) is 7.95. The van der Waals surface area contributed by atoms with Crippen molar-refractivity contribution in [2.45, 2.75) is 70.7 Å². The second kappa shape index (κ2) is 13.9. The van der Waals surface area contributed by atoms with Crippen LogP contribution in [0, 0.1) is 35.8 Å². The quantitative estimate of drug-likeness (QED) is 0.136. The molecule has 0 amide bonds. The minimum Gasteiger partial charge on any atom is -0.493 e. The van der Waals surface area contributed by atoms with Crippen molar-refractivity contribution in [2.75, 3.05) is 33.9 Å². The fourth-order valence-corrected chi connectivity index (χ4v) is 9.21. The summed E-state index contributed by atoms with van der Waals surface area (Å²) in [4.78, 5) is 16.0. The largest absolute Gasteiger partial charge is 0.493 e. The molecule has 0 N–H and O–H groups in total. The number of thioether (sulfide) groups is 1. The predicted molar refractivity (Wildman–Crippen MR) is 190 cm³/mol. The van der Waals surface area contributed by atoms with Crippen LogP contribution in [-0.4, -0.2) is 52.9 Å². The first kappa shape index (κ1) is 32.8. The smallest absolute Gasteiger partial charge is 0.269 e. The van der Waals surface area contributed by atoms with Crippen LogP contribution in [0.15, 0.2) is 48.5 Å². The molecule has 3 aliphatic rings. The minimum absolute atomic E-state index is 0.107. The molecule has 0 spiro atoms. The van der Waals surface area contributed by atoms with E-state index >= 15 is 0 Å². The van der Waals surface area contributed by atoms with Crippen LogP contribution >= 0.6 is 24.0 Å². The number of aryl methyl sites for hydroxylation is 2. The molecular weight excluding hydrogens is 615 g/mol. The Balaban J connectivity index is 1.30. The Morgan fingerprint density at radius 1 is 0.957 bits per heavy atom. The lowest BCUT2D eigenvalue weighted by Gasteiger charge is -2.49. The van der Waals surface area contributed by atoms with Gasteiger partial charge in [0.05, 0.1) is 25.2 Å². The van der Waals surface area contributed by atoms with Gasteiger partial charge in [-0.15, -0.1) is 0 Å². The highest BCUT2D eigenvalue weighted by atomic mass is 32.2. The maximum atomic E-state index is 11.1. The molecule has 1 fully saturated rings. The first-order chi connectivity index (χ1) is 22.2. The molecule has 4 unspecified atom stereocenters. The van der Waals surface area contributed by atoms with Crippen LogP contribution in [0.2, 0.25) is 0 Å². The van der Waals surface area contributed by atoms with Gasteiger partial charge >= 0.3 is 0 Å². The lowest BCUT2D eigenvalue weighted by Crippen LogP contribution is -2.47. The van der Waals surface area contributed by atoms with E-state index in [4.69, 9.17) is 21.7 Å². The molecule has 46 heavy (non-hydrogen) atoms. The lowest BCUT2D eigenvalue weighted by atomic mass is 9.72. The van der Waals surface area contributed by atoms with Crippen molar-refractivity contribution in [3.8, 4) is 11.5 Å². The van der Waals surface area contributed by atoms with Gasteiger partial charge in [0.25, 0.3) is 5.69 Å². The van der Waals surface area contributed by atoms with Gasteiger partial charge in [0.15, 0.2) is 11.5 Å². The van der Waals surface area contributed by atoms with Crippen LogP contribution in [0.4, 0.5) is 5.69 Å². The predicted octanol–water partition coefficient (Wildman–Crippen LogP) is 8.38. The summed E-state index contributed by atoms with van der Waals surface area (Å²) in [5.74, 6) is 3.37. The van der Waals surface area contributed by atoms with Gasteiger partial charge in [-0.2, -0.15) is 0 Å². The summed E-state index contributed by atoms with van der Waals surface area (Å²) >= 11 is 7.82. The van der Waals surface area contributed by atoms with E-state index in [-0.39, 0.29) is 16.7 Å². The lowest BCUT2D eigenvalue weighted by molar-refractivity contribution is -0.384. The number of methoxy groups -OCH3 is 2. The number of rotatable bonds is 8. The summed E-state index contributed by atoms with van der Waals surface area (Å²) in [6.07, 6.45) is 5.38. The van der Waals surface area contributed by atoms with E-state index in [9.17, 15) is 10.1 Å². The second-order valence-electron chi connectivity index (χ2n) is 13.1. The molecule has 4 atom stereocenters. The fraction of sp³-hybridized carbons (Fsp3) is 0.486. The first-order valence-corrected chi connectivity index (χ1v) is 17.9. The highest BCUT2D eigenvalue weighted by molar-refractivity contribution is 8.22. The van der Waals surface area contributed by atoms with E-state index in [1.54, 1.807) is 38.1 Å². The van der Waals surface area contributed by atoms with Crippen molar-refractivity contribution < 1.29 is 14.4 Å². The molecule has 6 rings (SSSR count). The Kier molecular flexibility index (Phi) is 9.92. The Hall–Kier alpha value is -3.14. The van der Waals surface area contributed by atoms with E-state index in [0.29, 0.717) is 23.6 Å². The van der Waals surface area contributed by atoms with E-state index < -0.39 is 0 Å². The van der Waals surface area contributed by atoms with Gasteiger partial charge in [0.1, 0.15) is 4.32 Å². The number of hydrogen-bond donors (Lipinski definition) is 0. The first-order valence-electron chi connectivity index (χ1n) is 16.5. The van der Waals surface area contributed by atoms with Crippen LogP contribution < -0.4 is 9.47 Å². The average Bonchev–Trinajstić information content (AvgIpc) is 3.07. The van der Waals surface area contributed by atoms with Gasteiger partial charge in [-0.3, -0.25) is 15.0 Å². The number of fused-ring (bicyclic) bond motifs is 4. The maximum absolute atomic E-state index is 11.1. The molecule has 7 nitrogen and oxygen atoms in total. The number of nitro benzene ring substituents is 1. The average molecular weight is 660 g/mol. The van der Waals surface area contributed by atoms with Crippen LogP contribution in [-0.2, 0) is 18.6 Å². The zero-order valence-electron chi connectivity index (χ0n) is 27.6. The summed E-state index contributed by atoms with van der Waals surface area (Å²) in [7, 11) is 3.41. The van der Waals surface area contributed by atoms with Gasteiger partial charge in [-0.1, -0.05) is 61.6 Å². The van der Waals surface area contributed by atoms with Crippen LogP contribution in [0.1, 0.15) is 77.2 Å². The molecule has 3 aliphatic heterocycles. The monoisotopic (exact) mass is 659 g/mol. The van der Waals surface area contributed by atoms with Crippen molar-refractivity contribution in [1.82, 2.24) is 9.80 Å². The molecule has 0 saturated carbocycles. The number of nitrogens with zero attached hydrogens (tertiary/aromatic N) is 3. The number of ether oxygens (including phenoxy) is 2. The second-order valence-corrected chi connectivity index (χ2v) is 14.7. The van der Waals surface area contributed by atoms with E-state index in [1.807, 2.05) is 12.1 Å². The van der Waals surface area contributed by atoms with Crippen molar-refractivity contribution in [1.29, 1.82) is 0 Å². The molecule has 3 aromatic rings. The van der Waals surface area contributed by atoms with Crippen LogP contribution in [0.25, 0.3) is 0 Å². The number of benzene rings is 3. The zero-order chi connectivity index (χ0) is 32.5. The van der Waals surface area contributed by atoms with Gasteiger partial charge in [-0.25, -0.2) is 0 Å². The summed E-state index contributed by atoms with van der Waals surface area (Å²) in [6.45, 7) is 9.97. The Bertz CT molecular complexity index is 1610. The highest BCUT2D eigenvalue weighted by Crippen LogP contribution is 2.48. The van der Waals surface area contributed by atoms with Crippen molar-refractivity contribution in [2.24, 2.45) is 11.8 Å². The van der Waals surface area contributed by atoms with Crippen LogP contribution in [0.3, 0.4) is 0 Å². The van der Waals surface area contributed by atoms with Gasteiger partial charge in [0.2, 0.25) is 0 Å². The Morgan fingerprint density at radius 2 is 1.63 bits per heavy atom. The Labute approximate surface area is 282 Å². The number of hydrogen-bond acceptors (Lipinski definition) is 7. The molecular formula is C37H45N3O4S2. The zero-order valence-corrected chi connectivity index (χ0v) is 29.2. The highest BCUT2D eigenvalue weighted by Gasteiger charge is 2.41. The van der Waals surface area contributed by atoms with Crippen molar-refractivity contribution in [3.05, 3.63) is 97.6 Å². The third kappa shape index (κ3) is 6.51. The summed E-state index contributed by atoms with van der Waals surface area (Å²) in [5, 5.41) is 11.1. The number of piperidine rings is 1. The maximum Gasteiger partial charge on any atom is 0.269 e. The topological polar surface area (TPSA) is 68.1 Å². The molecule has 3 heterocycles. The SMILES string of the molecule is CCC1CN2CCc3cc(C)c(C)cc3C2CC1CC1c2cc(OC)c(OC)cc2CCN1C(=S)SCc1ccc([N+](=O)[O-])cc1. The molecule has 0 bridgehead atoms. The molecule has 0 radical (unpaired) electrons. The summed E-state index contributed by atoms with van der Waals surface area (Å²) in [5.41, 5.74) is 9.58. The Morgan fingerprint density at radius 3 is 2.33 bits per heavy atom. The molecule has 1 saturated heterocycles. The standard InChI is InChI=1S/C37H45N3O4S2/c1-6-26-21-38-13-11-27-15-23(2)24(3)16-31(27)33(38)17-29(26)18-34-32-20-36(44-5)35(43-4)19-28(32)12-14-39(34)37(45)46-22-25-7-9-30(10-8-25)40(41)42/h7-10,15-16,19-20,26,29,33-34H,6,11-14,17-18,21-22H2,1-5H3. The van der Waals surface area contributed by atoms with Crippen molar-refractivity contribution >= 4 is 34.0 Å². The molecule has 0 aliphatic carbocycles. The normalized spacial score (nSPS) is 22.4. The van der Waals surface area contributed by atoms with Crippen molar-refractivity contribution in [3.63, 3.8) is 0 Å². The molecule has 244 valence electrons. The summed E-state index contributed by atoms with van der Waals surface area (Å²) < 4.78 is 12.4. The number of nitro groups is 1. The number of thiocarbonyl (C=S) groups is 1. The number of non-ortho nitro benzene ring substituents is 1. The van der Waals surface area contributed by atoms with E-state index in [0.717, 1.165) is 66.7 Å². The van der Waals surface area contributed by atoms with Gasteiger partial charge in [-0.05, 0) is 102 Å². The summed E-state index contributed by atoms with van der Waals surface area (Å²) in [6, 6.07) is 16.6.